The molecule has 0 unspecified atom stereocenters. The van der Waals surface area contributed by atoms with Crippen LogP contribution in [0.3, 0.4) is 0 Å². The molecule has 0 aliphatic heterocycles. The van der Waals surface area contributed by atoms with Gasteiger partial charge in [0.15, 0.2) is 0 Å². The first kappa shape index (κ1) is 11.5. The van der Waals surface area contributed by atoms with Gasteiger partial charge in [0.25, 0.3) is 0 Å². The van der Waals surface area contributed by atoms with Crippen molar-refractivity contribution < 1.29 is 24.5 Å². The van der Waals surface area contributed by atoms with Crippen molar-refractivity contribution in [3.05, 3.63) is 11.3 Å². The second kappa shape index (κ2) is 4.49. The van der Waals surface area contributed by atoms with Crippen molar-refractivity contribution in [1.82, 2.24) is 0 Å². The molecular formula is C8H12O5. The standard InChI is InChI=1S/C8H12O5/c1-4(2)5(7(9)10)6(13-3)8(11)12/h4H,1-3H3,(H,9,10)(H,11,12). The predicted octanol–water partition coefficient (Wildman–Crippen LogP) is 0.712. The predicted molar refractivity (Wildman–Crippen MR) is 44.1 cm³/mol. The van der Waals surface area contributed by atoms with Gasteiger partial charge in [-0.15, -0.1) is 0 Å². The Hall–Kier alpha value is -1.52. The van der Waals surface area contributed by atoms with Crippen LogP contribution in [-0.2, 0) is 14.3 Å². The van der Waals surface area contributed by atoms with E-state index in [0.717, 1.165) is 7.11 Å². The summed E-state index contributed by atoms with van der Waals surface area (Å²) in [4.78, 5) is 21.2. The summed E-state index contributed by atoms with van der Waals surface area (Å²) >= 11 is 0. The lowest BCUT2D eigenvalue weighted by Gasteiger charge is -2.09. The molecule has 0 saturated heterocycles. The monoisotopic (exact) mass is 188 g/mol. The highest BCUT2D eigenvalue weighted by molar-refractivity contribution is 5.97. The number of carboxylic acid groups (broad SMARTS) is 2. The third-order valence-corrected chi connectivity index (χ3v) is 1.45. The molecule has 0 rings (SSSR count). The number of aliphatic carboxylic acids is 2. The first-order valence-electron chi connectivity index (χ1n) is 3.66. The average molecular weight is 188 g/mol. The number of carbonyl (C=O) groups is 2. The van der Waals surface area contributed by atoms with Crippen molar-refractivity contribution >= 4 is 11.9 Å². The molecule has 0 amide bonds. The van der Waals surface area contributed by atoms with Crippen LogP contribution in [0.5, 0.6) is 0 Å². The Morgan fingerprint density at radius 1 is 1.15 bits per heavy atom. The summed E-state index contributed by atoms with van der Waals surface area (Å²) in [5.41, 5.74) is -0.227. The highest BCUT2D eigenvalue weighted by Gasteiger charge is 2.23. The molecule has 0 fully saturated rings. The molecule has 0 bridgehead atoms. The second-order valence-electron chi connectivity index (χ2n) is 2.71. The smallest absolute Gasteiger partial charge is 0.371 e. The van der Waals surface area contributed by atoms with Crippen molar-refractivity contribution in [1.29, 1.82) is 0 Å². The van der Waals surface area contributed by atoms with Gasteiger partial charge in [-0.25, -0.2) is 9.59 Å². The first-order valence-corrected chi connectivity index (χ1v) is 3.66. The minimum Gasteiger partial charge on any atom is -0.489 e. The van der Waals surface area contributed by atoms with Gasteiger partial charge in [-0.2, -0.15) is 0 Å². The number of methoxy groups -OCH3 is 1. The maximum Gasteiger partial charge on any atom is 0.371 e. The van der Waals surface area contributed by atoms with E-state index in [9.17, 15) is 9.59 Å². The zero-order valence-electron chi connectivity index (χ0n) is 7.70. The molecule has 5 nitrogen and oxygen atoms in total. The fourth-order valence-corrected chi connectivity index (χ4v) is 0.919. The molecule has 0 aliphatic rings. The highest BCUT2D eigenvalue weighted by atomic mass is 16.5. The van der Waals surface area contributed by atoms with Crippen LogP contribution in [0.15, 0.2) is 11.3 Å². The molecule has 0 atom stereocenters. The van der Waals surface area contributed by atoms with Crippen LogP contribution < -0.4 is 0 Å². The lowest BCUT2D eigenvalue weighted by Crippen LogP contribution is -2.16. The topological polar surface area (TPSA) is 83.8 Å². The van der Waals surface area contributed by atoms with Gasteiger partial charge >= 0.3 is 11.9 Å². The van der Waals surface area contributed by atoms with Gasteiger partial charge in [-0.05, 0) is 5.92 Å². The zero-order chi connectivity index (χ0) is 10.6. The molecule has 0 heterocycles. The van der Waals surface area contributed by atoms with E-state index in [1.165, 1.54) is 0 Å². The van der Waals surface area contributed by atoms with Crippen LogP contribution in [0.25, 0.3) is 0 Å². The summed E-state index contributed by atoms with van der Waals surface area (Å²) in [6.45, 7) is 3.18. The van der Waals surface area contributed by atoms with Crippen molar-refractivity contribution in [2.75, 3.05) is 7.11 Å². The van der Waals surface area contributed by atoms with E-state index in [1.54, 1.807) is 13.8 Å². The molecular weight excluding hydrogens is 176 g/mol. The summed E-state index contributed by atoms with van der Waals surface area (Å²) in [5.74, 6) is -3.55. The van der Waals surface area contributed by atoms with Crippen LogP contribution in [0.1, 0.15) is 13.8 Å². The fourth-order valence-electron chi connectivity index (χ4n) is 0.919. The lowest BCUT2D eigenvalue weighted by molar-refractivity contribution is -0.139. The fraction of sp³-hybridized carbons (Fsp3) is 0.500. The number of carboxylic acids is 2. The minimum atomic E-state index is -1.37. The van der Waals surface area contributed by atoms with Gasteiger partial charge in [-0.1, -0.05) is 13.8 Å². The number of hydrogen-bond acceptors (Lipinski definition) is 3. The van der Waals surface area contributed by atoms with E-state index in [-0.39, 0.29) is 5.57 Å². The molecule has 13 heavy (non-hydrogen) atoms. The minimum absolute atomic E-state index is 0.227. The molecule has 0 saturated carbocycles. The summed E-state index contributed by atoms with van der Waals surface area (Å²) in [5, 5.41) is 17.3. The van der Waals surface area contributed by atoms with E-state index >= 15 is 0 Å². The first-order chi connectivity index (χ1) is 5.91. The van der Waals surface area contributed by atoms with Gasteiger partial charge in [0.2, 0.25) is 5.76 Å². The molecule has 0 spiro atoms. The van der Waals surface area contributed by atoms with Crippen LogP contribution in [-0.4, -0.2) is 29.3 Å². The molecule has 74 valence electrons. The van der Waals surface area contributed by atoms with E-state index in [4.69, 9.17) is 10.2 Å². The van der Waals surface area contributed by atoms with E-state index in [0.29, 0.717) is 0 Å². The van der Waals surface area contributed by atoms with Crippen molar-refractivity contribution in [3.8, 4) is 0 Å². The normalized spacial score (nSPS) is 12.3. The Kier molecular flexibility index (Phi) is 3.97. The zero-order valence-corrected chi connectivity index (χ0v) is 7.70. The van der Waals surface area contributed by atoms with Gasteiger partial charge in [0.1, 0.15) is 0 Å². The summed E-state index contributed by atoms with van der Waals surface area (Å²) in [6.07, 6.45) is 0. The Balaban J connectivity index is 5.26. The van der Waals surface area contributed by atoms with Crippen molar-refractivity contribution in [3.63, 3.8) is 0 Å². The number of hydrogen-bond donors (Lipinski definition) is 2. The molecule has 0 aromatic carbocycles. The molecule has 2 N–H and O–H groups in total. The van der Waals surface area contributed by atoms with Crippen LogP contribution >= 0.6 is 0 Å². The largest absolute Gasteiger partial charge is 0.489 e. The molecule has 0 aliphatic carbocycles. The van der Waals surface area contributed by atoms with Gasteiger partial charge in [-0.3, -0.25) is 0 Å². The Bertz CT molecular complexity index is 251. The number of rotatable bonds is 4. The van der Waals surface area contributed by atoms with Gasteiger partial charge < -0.3 is 14.9 Å². The number of ether oxygens (including phenoxy) is 1. The van der Waals surface area contributed by atoms with Gasteiger partial charge in [0.05, 0.1) is 12.7 Å². The van der Waals surface area contributed by atoms with Crippen LogP contribution in [0.2, 0.25) is 0 Å². The maximum absolute atomic E-state index is 10.6. The highest BCUT2D eigenvalue weighted by Crippen LogP contribution is 2.15. The Labute approximate surface area is 75.6 Å². The molecule has 0 aromatic heterocycles. The quantitative estimate of drug-likeness (QED) is 0.501. The summed E-state index contributed by atoms with van der Waals surface area (Å²) in [7, 11) is 1.13. The van der Waals surface area contributed by atoms with E-state index < -0.39 is 23.6 Å². The summed E-state index contributed by atoms with van der Waals surface area (Å²) < 4.78 is 4.50. The Morgan fingerprint density at radius 3 is 1.69 bits per heavy atom. The molecule has 0 aromatic rings. The average Bonchev–Trinajstić information content (AvgIpc) is 1.97. The van der Waals surface area contributed by atoms with Gasteiger partial charge in [0, 0.05) is 0 Å². The van der Waals surface area contributed by atoms with Crippen LogP contribution in [0.4, 0.5) is 0 Å². The second-order valence-corrected chi connectivity index (χ2v) is 2.71. The van der Waals surface area contributed by atoms with Crippen molar-refractivity contribution in [2.24, 2.45) is 5.92 Å². The maximum atomic E-state index is 10.6. The van der Waals surface area contributed by atoms with E-state index in [2.05, 4.69) is 4.74 Å². The third-order valence-electron chi connectivity index (χ3n) is 1.45. The molecule has 0 radical (unpaired) electrons. The Morgan fingerprint density at radius 2 is 1.62 bits per heavy atom. The van der Waals surface area contributed by atoms with Crippen molar-refractivity contribution in [2.45, 2.75) is 13.8 Å². The summed E-state index contributed by atoms with van der Waals surface area (Å²) in [6, 6.07) is 0. The lowest BCUT2D eigenvalue weighted by atomic mass is 10.0. The van der Waals surface area contributed by atoms with Crippen LogP contribution in [0, 0.1) is 5.92 Å². The molecule has 5 heteroatoms. The van der Waals surface area contributed by atoms with E-state index in [1.807, 2.05) is 0 Å². The third kappa shape index (κ3) is 2.77. The SMILES string of the molecule is COC(C(=O)O)=C(C(=O)O)C(C)C.